The maximum atomic E-state index is 14.7. The summed E-state index contributed by atoms with van der Waals surface area (Å²) >= 11 is 6.30. The molecule has 0 saturated heterocycles. The first-order valence-corrected chi connectivity index (χ1v) is 11.8. The molecule has 1 heterocycles. The highest BCUT2D eigenvalue weighted by atomic mass is 35.5. The van der Waals surface area contributed by atoms with E-state index in [1.165, 1.54) is 16.9 Å². The Bertz CT molecular complexity index is 1210. The fraction of sp³-hybridized carbons (Fsp3) is 0.350. The number of hydrogen-bond acceptors (Lipinski definition) is 4. The van der Waals surface area contributed by atoms with Gasteiger partial charge >= 0.3 is 21.6 Å². The van der Waals surface area contributed by atoms with Crippen LogP contribution in [-0.2, 0) is 15.6 Å². The Morgan fingerprint density at radius 1 is 1.09 bits per heavy atom. The van der Waals surface area contributed by atoms with Gasteiger partial charge in [-0.25, -0.2) is 9.18 Å². The number of urea groups is 1. The van der Waals surface area contributed by atoms with Crippen molar-refractivity contribution in [3.63, 3.8) is 0 Å². The number of ether oxygens (including phenoxy) is 1. The molecule has 1 fully saturated rings. The van der Waals surface area contributed by atoms with Gasteiger partial charge in [-0.15, -0.1) is 0 Å². The minimum absolute atomic E-state index is 0.0151. The first-order valence-electron chi connectivity index (χ1n) is 9.91. The Labute approximate surface area is 191 Å². The zero-order valence-electron chi connectivity index (χ0n) is 16.9. The number of sulfonamides is 1. The average Bonchev–Trinajstić information content (AvgIpc) is 2.72. The van der Waals surface area contributed by atoms with Gasteiger partial charge in [0.05, 0.1) is 21.9 Å². The Morgan fingerprint density at radius 2 is 1.79 bits per heavy atom. The highest BCUT2D eigenvalue weighted by molar-refractivity contribution is 7.93. The number of carbonyl (C=O) groups is 1. The summed E-state index contributed by atoms with van der Waals surface area (Å²) in [5.74, 6) is -1.83. The van der Waals surface area contributed by atoms with E-state index < -0.39 is 44.4 Å². The van der Waals surface area contributed by atoms with Crippen molar-refractivity contribution < 1.29 is 35.5 Å². The predicted molar refractivity (Wildman–Crippen MR) is 113 cm³/mol. The molecule has 0 bridgehead atoms. The lowest BCUT2D eigenvalue weighted by molar-refractivity contribution is -0.0429. The second-order valence-corrected chi connectivity index (χ2v) is 9.87. The van der Waals surface area contributed by atoms with Crippen molar-refractivity contribution in [1.29, 1.82) is 0 Å². The van der Waals surface area contributed by atoms with Crippen molar-refractivity contribution in [2.75, 3.05) is 10.0 Å². The van der Waals surface area contributed by atoms with Gasteiger partial charge in [0.2, 0.25) is 0 Å². The van der Waals surface area contributed by atoms with Crippen LogP contribution in [0.25, 0.3) is 0 Å². The van der Waals surface area contributed by atoms with E-state index in [0.717, 1.165) is 37.5 Å². The van der Waals surface area contributed by atoms with E-state index in [1.54, 1.807) is 0 Å². The summed E-state index contributed by atoms with van der Waals surface area (Å²) in [4.78, 5) is 12.3. The number of amides is 2. The third-order valence-corrected chi connectivity index (χ3v) is 7.03. The Kier molecular flexibility index (Phi) is 5.85. The molecule has 3 N–H and O–H groups in total. The van der Waals surface area contributed by atoms with Crippen molar-refractivity contribution in [3.8, 4) is 11.5 Å². The number of benzene rings is 2. The van der Waals surface area contributed by atoms with Gasteiger partial charge in [-0.3, -0.25) is 4.72 Å². The number of halogens is 5. The summed E-state index contributed by atoms with van der Waals surface area (Å²) in [5.41, 5.74) is -6.57. The number of fused-ring (bicyclic) bond motifs is 2. The van der Waals surface area contributed by atoms with Crippen LogP contribution in [-0.4, -0.2) is 20.0 Å². The minimum Gasteiger partial charge on any atom is -0.452 e. The molecule has 1 spiro atoms. The third-order valence-electron chi connectivity index (χ3n) is 5.62. The topological polar surface area (TPSA) is 96.5 Å². The highest BCUT2D eigenvalue weighted by Gasteiger charge is 2.47. The van der Waals surface area contributed by atoms with Gasteiger partial charge in [-0.2, -0.15) is 21.6 Å². The standard InChI is InChI=1S/C20H18ClF4N3O4S/c21-11-7-8-14(15-16(11)26-18(29)27-19(15)9-2-1-3-10-19)32-17-12(22)5-4-6-13(17)28-33(30,31)20(23,24)25/h4-8,28H,1-3,9-10H2,(H2,26,27,29). The molecule has 0 unspecified atom stereocenters. The van der Waals surface area contributed by atoms with Crippen molar-refractivity contribution in [2.24, 2.45) is 0 Å². The van der Waals surface area contributed by atoms with Gasteiger partial charge in [0.15, 0.2) is 11.6 Å². The van der Waals surface area contributed by atoms with Crippen molar-refractivity contribution in [1.82, 2.24) is 5.32 Å². The van der Waals surface area contributed by atoms with Crippen LogP contribution in [0.5, 0.6) is 11.5 Å². The highest BCUT2D eigenvalue weighted by Crippen LogP contribution is 2.50. The third kappa shape index (κ3) is 4.29. The second kappa shape index (κ2) is 8.24. The Hall–Kier alpha value is -2.73. The summed E-state index contributed by atoms with van der Waals surface area (Å²) in [5, 5.41) is 5.68. The average molecular weight is 508 g/mol. The number of para-hydroxylation sites is 1. The first kappa shape index (κ1) is 23.4. The zero-order chi connectivity index (χ0) is 24.0. The van der Waals surface area contributed by atoms with Gasteiger partial charge in [-0.05, 0) is 37.1 Å². The number of carbonyl (C=O) groups excluding carboxylic acids is 1. The lowest BCUT2D eigenvalue weighted by Crippen LogP contribution is -2.52. The molecule has 13 heteroatoms. The first-order chi connectivity index (χ1) is 15.4. The number of anilines is 2. The molecule has 4 rings (SSSR count). The Balaban J connectivity index is 1.83. The molecular formula is C20H18ClF4N3O4S. The maximum absolute atomic E-state index is 14.7. The summed E-state index contributed by atoms with van der Waals surface area (Å²) in [6.07, 6.45) is 3.57. The lowest BCUT2D eigenvalue weighted by atomic mass is 9.74. The van der Waals surface area contributed by atoms with Crippen LogP contribution < -0.4 is 20.1 Å². The second-order valence-electron chi connectivity index (χ2n) is 7.79. The quantitative estimate of drug-likeness (QED) is 0.454. The molecule has 0 atom stereocenters. The van der Waals surface area contributed by atoms with Gasteiger partial charge in [0.25, 0.3) is 0 Å². The molecule has 2 aromatic carbocycles. The molecule has 2 aromatic rings. The number of nitrogens with one attached hydrogen (secondary N) is 3. The number of rotatable bonds is 4. The van der Waals surface area contributed by atoms with Crippen LogP contribution in [0.4, 0.5) is 33.7 Å². The van der Waals surface area contributed by atoms with Crippen LogP contribution in [0.3, 0.4) is 0 Å². The molecule has 1 saturated carbocycles. The summed E-state index contributed by atoms with van der Waals surface area (Å²) in [6.45, 7) is 0. The molecule has 7 nitrogen and oxygen atoms in total. The van der Waals surface area contributed by atoms with E-state index in [1.807, 2.05) is 0 Å². The van der Waals surface area contributed by atoms with Gasteiger partial charge in [0, 0.05) is 5.56 Å². The molecule has 2 aliphatic rings. The fourth-order valence-corrected chi connectivity index (χ4v) is 4.97. The molecule has 1 aliphatic heterocycles. The molecule has 33 heavy (non-hydrogen) atoms. The van der Waals surface area contributed by atoms with E-state index in [2.05, 4.69) is 10.6 Å². The van der Waals surface area contributed by atoms with Gasteiger partial charge in [0.1, 0.15) is 5.75 Å². The van der Waals surface area contributed by atoms with Crippen LogP contribution >= 0.6 is 11.6 Å². The molecular weight excluding hydrogens is 490 g/mol. The molecule has 2 amide bonds. The van der Waals surface area contributed by atoms with Crippen LogP contribution in [0.1, 0.15) is 37.7 Å². The molecule has 0 aromatic heterocycles. The van der Waals surface area contributed by atoms with E-state index in [-0.39, 0.29) is 16.5 Å². The van der Waals surface area contributed by atoms with Crippen molar-refractivity contribution in [3.05, 3.63) is 46.7 Å². The smallest absolute Gasteiger partial charge is 0.452 e. The number of alkyl halides is 3. The predicted octanol–water partition coefficient (Wildman–Crippen LogP) is 5.83. The van der Waals surface area contributed by atoms with Crippen LogP contribution in [0, 0.1) is 5.82 Å². The van der Waals surface area contributed by atoms with Gasteiger partial charge < -0.3 is 15.4 Å². The zero-order valence-corrected chi connectivity index (χ0v) is 18.4. The lowest BCUT2D eigenvalue weighted by Gasteiger charge is -2.43. The molecule has 1 aliphatic carbocycles. The molecule has 0 radical (unpaired) electrons. The summed E-state index contributed by atoms with van der Waals surface area (Å²) in [7, 11) is -5.83. The number of hydrogen-bond donors (Lipinski definition) is 3. The molecule has 178 valence electrons. The van der Waals surface area contributed by atoms with E-state index in [0.29, 0.717) is 18.4 Å². The largest absolute Gasteiger partial charge is 0.516 e. The monoisotopic (exact) mass is 507 g/mol. The van der Waals surface area contributed by atoms with E-state index in [9.17, 15) is 30.8 Å². The van der Waals surface area contributed by atoms with Crippen molar-refractivity contribution >= 4 is 39.0 Å². The SMILES string of the molecule is O=C1Nc2c(Cl)ccc(Oc3c(F)cccc3NS(=O)(=O)C(F)(F)F)c2C2(CCCCC2)N1. The summed E-state index contributed by atoms with van der Waals surface area (Å²) in [6, 6.07) is 5.20. The van der Waals surface area contributed by atoms with Crippen LogP contribution in [0.15, 0.2) is 30.3 Å². The van der Waals surface area contributed by atoms with E-state index >= 15 is 0 Å². The minimum atomic E-state index is -5.83. The summed E-state index contributed by atoms with van der Waals surface area (Å²) < 4.78 is 83.5. The van der Waals surface area contributed by atoms with Crippen molar-refractivity contribution in [2.45, 2.75) is 43.2 Å². The van der Waals surface area contributed by atoms with Crippen LogP contribution in [0.2, 0.25) is 5.02 Å². The Morgan fingerprint density at radius 3 is 2.45 bits per heavy atom. The maximum Gasteiger partial charge on any atom is 0.516 e. The van der Waals surface area contributed by atoms with E-state index in [4.69, 9.17) is 16.3 Å². The fourth-order valence-electron chi connectivity index (χ4n) is 4.20. The normalized spacial score (nSPS) is 17.7. The van der Waals surface area contributed by atoms with Gasteiger partial charge in [-0.1, -0.05) is 36.9 Å².